The van der Waals surface area contributed by atoms with Gasteiger partial charge in [0.15, 0.2) is 0 Å². The van der Waals surface area contributed by atoms with Crippen molar-refractivity contribution in [3.63, 3.8) is 0 Å². The Bertz CT molecular complexity index is 619. The first-order valence-corrected chi connectivity index (χ1v) is 8.13. The summed E-state index contributed by atoms with van der Waals surface area (Å²) in [6.45, 7) is 6.18. The Balaban J connectivity index is 1.63. The van der Waals surface area contributed by atoms with Crippen LogP contribution in [-0.4, -0.2) is 46.0 Å². The molecule has 118 valence electrons. The fourth-order valence-corrected chi connectivity index (χ4v) is 3.37. The average molecular weight is 298 g/mol. The molecule has 2 aromatic rings. The van der Waals surface area contributed by atoms with E-state index < -0.39 is 0 Å². The van der Waals surface area contributed by atoms with Crippen molar-refractivity contribution in [2.75, 3.05) is 20.6 Å². The smallest absolute Gasteiger partial charge is 0.122 e. The van der Waals surface area contributed by atoms with Gasteiger partial charge in [0.1, 0.15) is 5.82 Å². The number of likely N-dealkylation sites (N-methyl/N-ethyl adjacent to an activating group) is 2. The highest BCUT2D eigenvalue weighted by molar-refractivity contribution is 5.30. The first kappa shape index (κ1) is 15.3. The van der Waals surface area contributed by atoms with Crippen LogP contribution in [0.2, 0.25) is 0 Å². The lowest BCUT2D eigenvalue weighted by Gasteiger charge is -2.36. The van der Waals surface area contributed by atoms with Crippen LogP contribution in [0.25, 0.3) is 0 Å². The minimum absolute atomic E-state index is 0.574. The number of rotatable bonds is 5. The zero-order valence-electron chi connectivity index (χ0n) is 13.9. The molecule has 0 bridgehead atoms. The lowest BCUT2D eigenvalue weighted by molar-refractivity contribution is 0.156. The molecule has 1 aliphatic rings. The molecule has 0 radical (unpaired) electrons. The summed E-state index contributed by atoms with van der Waals surface area (Å²) in [5.74, 6) is 1.16. The van der Waals surface area contributed by atoms with Crippen LogP contribution in [0.3, 0.4) is 0 Å². The maximum atomic E-state index is 4.48. The summed E-state index contributed by atoms with van der Waals surface area (Å²) in [5.41, 5.74) is 2.99. The second-order valence-corrected chi connectivity index (χ2v) is 6.37. The van der Waals surface area contributed by atoms with Gasteiger partial charge in [0.2, 0.25) is 0 Å². The van der Waals surface area contributed by atoms with Crippen LogP contribution in [0, 0.1) is 0 Å². The largest absolute Gasteiger partial charge is 0.334 e. The van der Waals surface area contributed by atoms with Gasteiger partial charge in [0.25, 0.3) is 0 Å². The highest BCUT2D eigenvalue weighted by Gasteiger charge is 2.24. The minimum Gasteiger partial charge on any atom is -0.334 e. The number of benzene rings is 1. The lowest BCUT2D eigenvalue weighted by atomic mass is 9.94. The summed E-state index contributed by atoms with van der Waals surface area (Å²) >= 11 is 0. The van der Waals surface area contributed by atoms with Crippen LogP contribution < -0.4 is 0 Å². The number of aryl methyl sites for hydroxylation is 1. The molecule has 1 atom stereocenters. The third kappa shape index (κ3) is 3.23. The first-order chi connectivity index (χ1) is 10.7. The predicted octanol–water partition coefficient (Wildman–Crippen LogP) is 2.39. The van der Waals surface area contributed by atoms with Crippen LogP contribution in [0.1, 0.15) is 23.9 Å². The summed E-state index contributed by atoms with van der Waals surface area (Å²) < 4.78 is 2.22. The fourth-order valence-electron chi connectivity index (χ4n) is 3.37. The van der Waals surface area contributed by atoms with Gasteiger partial charge in [0, 0.05) is 38.1 Å². The Morgan fingerprint density at radius 2 is 2.05 bits per heavy atom. The molecule has 1 aromatic carbocycles. The van der Waals surface area contributed by atoms with Gasteiger partial charge in [-0.15, -0.1) is 0 Å². The molecular weight excluding hydrogens is 272 g/mol. The summed E-state index contributed by atoms with van der Waals surface area (Å²) in [6, 6.07) is 9.40. The van der Waals surface area contributed by atoms with E-state index in [2.05, 4.69) is 70.8 Å². The number of aromatic nitrogens is 2. The molecule has 2 heterocycles. The van der Waals surface area contributed by atoms with Crippen LogP contribution in [0.4, 0.5) is 0 Å². The van der Waals surface area contributed by atoms with Gasteiger partial charge in [-0.2, -0.15) is 0 Å². The molecule has 1 aliphatic heterocycles. The fraction of sp³-hybridized carbons (Fsp3) is 0.500. The first-order valence-electron chi connectivity index (χ1n) is 8.13. The van der Waals surface area contributed by atoms with E-state index >= 15 is 0 Å². The molecule has 0 spiro atoms. The lowest BCUT2D eigenvalue weighted by Crippen LogP contribution is -2.44. The summed E-state index contributed by atoms with van der Waals surface area (Å²) in [4.78, 5) is 9.35. The normalized spacial score (nSPS) is 18.6. The second kappa shape index (κ2) is 6.63. The highest BCUT2D eigenvalue weighted by atomic mass is 15.2. The number of hydrogen-bond donors (Lipinski definition) is 0. The molecule has 0 fully saturated rings. The van der Waals surface area contributed by atoms with Gasteiger partial charge in [0.05, 0.1) is 6.54 Å². The Kier molecular flexibility index (Phi) is 4.60. The van der Waals surface area contributed by atoms with Gasteiger partial charge in [-0.1, -0.05) is 24.3 Å². The van der Waals surface area contributed by atoms with Crippen molar-refractivity contribution in [2.24, 2.45) is 0 Å². The van der Waals surface area contributed by atoms with Gasteiger partial charge in [-0.25, -0.2) is 4.98 Å². The summed E-state index contributed by atoms with van der Waals surface area (Å²) in [5, 5.41) is 0. The Morgan fingerprint density at radius 1 is 1.27 bits per heavy atom. The molecular formula is C18H26N4. The van der Waals surface area contributed by atoms with Crippen LogP contribution >= 0.6 is 0 Å². The molecule has 0 amide bonds. The number of imidazole rings is 1. The number of hydrogen-bond acceptors (Lipinski definition) is 3. The SMILES string of the molecule is CCn1ccnc1CN(C)CC1Cc2ccccc2CN1C. The van der Waals surface area contributed by atoms with Crippen molar-refractivity contribution in [1.29, 1.82) is 0 Å². The van der Waals surface area contributed by atoms with Gasteiger partial charge >= 0.3 is 0 Å². The topological polar surface area (TPSA) is 24.3 Å². The molecule has 3 rings (SSSR count). The van der Waals surface area contributed by atoms with E-state index in [1.54, 1.807) is 0 Å². The van der Waals surface area contributed by atoms with Crippen LogP contribution in [0.5, 0.6) is 0 Å². The third-order valence-electron chi connectivity index (χ3n) is 4.69. The van der Waals surface area contributed by atoms with E-state index in [4.69, 9.17) is 0 Å². The molecule has 4 heteroatoms. The Hall–Kier alpha value is -1.65. The quantitative estimate of drug-likeness (QED) is 0.847. The molecule has 1 unspecified atom stereocenters. The third-order valence-corrected chi connectivity index (χ3v) is 4.69. The van der Waals surface area contributed by atoms with Gasteiger partial charge in [-0.05, 0) is 38.6 Å². The molecule has 22 heavy (non-hydrogen) atoms. The monoisotopic (exact) mass is 298 g/mol. The maximum absolute atomic E-state index is 4.48. The number of nitrogens with zero attached hydrogens (tertiary/aromatic N) is 4. The van der Waals surface area contributed by atoms with Crippen molar-refractivity contribution < 1.29 is 0 Å². The molecule has 0 aliphatic carbocycles. The molecule has 0 saturated heterocycles. The predicted molar refractivity (Wildman–Crippen MR) is 89.6 cm³/mol. The van der Waals surface area contributed by atoms with Crippen molar-refractivity contribution in [2.45, 2.75) is 39.0 Å². The van der Waals surface area contributed by atoms with Crippen LogP contribution in [0.15, 0.2) is 36.7 Å². The van der Waals surface area contributed by atoms with Gasteiger partial charge in [-0.3, -0.25) is 9.80 Å². The van der Waals surface area contributed by atoms with Gasteiger partial charge < -0.3 is 4.57 Å². The molecule has 0 N–H and O–H groups in total. The highest BCUT2D eigenvalue weighted by Crippen LogP contribution is 2.22. The molecule has 4 nitrogen and oxygen atoms in total. The average Bonchev–Trinajstić information content (AvgIpc) is 2.95. The zero-order valence-corrected chi connectivity index (χ0v) is 13.9. The Morgan fingerprint density at radius 3 is 2.82 bits per heavy atom. The van der Waals surface area contributed by atoms with E-state index in [1.807, 2.05) is 6.20 Å². The van der Waals surface area contributed by atoms with Crippen molar-refractivity contribution in [3.8, 4) is 0 Å². The van der Waals surface area contributed by atoms with Crippen molar-refractivity contribution in [1.82, 2.24) is 19.4 Å². The van der Waals surface area contributed by atoms with Crippen LogP contribution in [-0.2, 0) is 26.1 Å². The summed E-state index contributed by atoms with van der Waals surface area (Å²) in [6.07, 6.45) is 5.10. The molecule has 1 aromatic heterocycles. The maximum Gasteiger partial charge on any atom is 0.122 e. The van der Waals surface area contributed by atoms with E-state index in [1.165, 1.54) is 11.1 Å². The second-order valence-electron chi connectivity index (χ2n) is 6.37. The minimum atomic E-state index is 0.574. The van der Waals surface area contributed by atoms with Crippen molar-refractivity contribution in [3.05, 3.63) is 53.6 Å². The van der Waals surface area contributed by atoms with E-state index in [0.29, 0.717) is 6.04 Å². The Labute approximate surface area is 133 Å². The van der Waals surface area contributed by atoms with Crippen molar-refractivity contribution >= 4 is 0 Å². The standard InChI is InChI=1S/C18H26N4/c1-4-22-10-9-19-18(22)14-20(2)13-17-11-15-7-5-6-8-16(15)12-21(17)3/h5-10,17H,4,11-14H2,1-3H3. The number of fused-ring (bicyclic) bond motifs is 1. The summed E-state index contributed by atoms with van der Waals surface area (Å²) in [7, 11) is 4.43. The molecule has 0 saturated carbocycles. The van der Waals surface area contributed by atoms with E-state index in [-0.39, 0.29) is 0 Å². The zero-order chi connectivity index (χ0) is 15.5. The van der Waals surface area contributed by atoms with E-state index in [0.717, 1.165) is 38.4 Å². The van der Waals surface area contributed by atoms with E-state index in [9.17, 15) is 0 Å².